The summed E-state index contributed by atoms with van der Waals surface area (Å²) in [6.45, 7) is 0. The van der Waals surface area contributed by atoms with E-state index in [9.17, 15) is 9.90 Å². The molecule has 0 unspecified atom stereocenters. The van der Waals surface area contributed by atoms with Crippen LogP contribution in [0.15, 0.2) is 22.7 Å². The maximum atomic E-state index is 10.1. The molecule has 0 aliphatic carbocycles. The van der Waals surface area contributed by atoms with Gasteiger partial charge < -0.3 is 9.90 Å². The molecule has 0 bridgehead atoms. The number of hydrogen-bond donors (Lipinski definition) is 1. The van der Waals surface area contributed by atoms with Crippen molar-refractivity contribution in [2.75, 3.05) is 0 Å². The summed E-state index contributed by atoms with van der Waals surface area (Å²) in [5, 5.41) is 9.26. The lowest BCUT2D eigenvalue weighted by Crippen LogP contribution is -1.85. The number of hydrogen-bond acceptors (Lipinski definition) is 2. The molecule has 0 aliphatic rings. The first-order valence-electron chi connectivity index (χ1n) is 3.65. The topological polar surface area (TPSA) is 37.3 Å². The van der Waals surface area contributed by atoms with Gasteiger partial charge in [0.25, 0.3) is 0 Å². The van der Waals surface area contributed by atoms with Crippen LogP contribution in [-0.4, -0.2) is 11.4 Å². The lowest BCUT2D eigenvalue weighted by atomic mass is 10.1. The van der Waals surface area contributed by atoms with E-state index >= 15 is 0 Å². The second-order valence-corrected chi connectivity index (χ2v) is 3.35. The van der Waals surface area contributed by atoms with Crippen molar-refractivity contribution < 1.29 is 9.90 Å². The van der Waals surface area contributed by atoms with Crippen LogP contribution in [0, 0.1) is 0 Å². The van der Waals surface area contributed by atoms with Crippen molar-refractivity contribution in [2.45, 2.75) is 12.8 Å². The number of aryl methyl sites for hydroxylation is 1. The van der Waals surface area contributed by atoms with E-state index in [1.807, 2.05) is 6.07 Å². The predicted molar refractivity (Wildman–Crippen MR) is 50.2 cm³/mol. The van der Waals surface area contributed by atoms with E-state index in [-0.39, 0.29) is 5.75 Å². The molecule has 12 heavy (non-hydrogen) atoms. The molecule has 0 fully saturated rings. The number of carbonyl (C=O) groups excluding carboxylic acids is 1. The van der Waals surface area contributed by atoms with Crippen LogP contribution in [0.2, 0.25) is 0 Å². The minimum Gasteiger partial charge on any atom is -0.507 e. The maximum Gasteiger partial charge on any atom is 0.130 e. The Balaban J connectivity index is 2.75. The van der Waals surface area contributed by atoms with E-state index in [4.69, 9.17) is 0 Å². The molecule has 0 saturated heterocycles. The SMILES string of the molecule is O=CCCc1ccc(Br)c(O)c1. The molecule has 0 saturated carbocycles. The number of aromatic hydroxyl groups is 1. The fourth-order valence-electron chi connectivity index (χ4n) is 0.939. The molecule has 0 radical (unpaired) electrons. The molecule has 2 nitrogen and oxygen atoms in total. The second-order valence-electron chi connectivity index (χ2n) is 2.49. The third-order valence-electron chi connectivity index (χ3n) is 1.56. The Labute approximate surface area is 79.3 Å². The molecular formula is C9H9BrO2. The fraction of sp³-hybridized carbons (Fsp3) is 0.222. The summed E-state index contributed by atoms with van der Waals surface area (Å²) in [6.07, 6.45) is 2.06. The summed E-state index contributed by atoms with van der Waals surface area (Å²) in [4.78, 5) is 10.1. The van der Waals surface area contributed by atoms with Gasteiger partial charge in [-0.05, 0) is 40.0 Å². The molecule has 1 N–H and O–H groups in total. The van der Waals surface area contributed by atoms with Crippen LogP contribution in [0.5, 0.6) is 5.75 Å². The number of halogens is 1. The van der Waals surface area contributed by atoms with Crippen molar-refractivity contribution >= 4 is 22.2 Å². The van der Waals surface area contributed by atoms with Gasteiger partial charge in [-0.25, -0.2) is 0 Å². The maximum absolute atomic E-state index is 10.1. The van der Waals surface area contributed by atoms with Gasteiger partial charge in [-0.1, -0.05) is 6.07 Å². The van der Waals surface area contributed by atoms with Crippen molar-refractivity contribution in [3.63, 3.8) is 0 Å². The summed E-state index contributed by atoms with van der Waals surface area (Å²) >= 11 is 3.18. The highest BCUT2D eigenvalue weighted by atomic mass is 79.9. The van der Waals surface area contributed by atoms with E-state index in [0.717, 1.165) is 11.8 Å². The number of phenols is 1. The van der Waals surface area contributed by atoms with Gasteiger partial charge in [-0.15, -0.1) is 0 Å². The molecule has 0 atom stereocenters. The van der Waals surface area contributed by atoms with E-state index in [0.29, 0.717) is 17.3 Å². The zero-order chi connectivity index (χ0) is 8.97. The summed E-state index contributed by atoms with van der Waals surface area (Å²) in [5.41, 5.74) is 0.975. The molecule has 0 aromatic heterocycles. The molecular weight excluding hydrogens is 220 g/mol. The Bertz CT molecular complexity index is 284. The van der Waals surface area contributed by atoms with Crippen molar-refractivity contribution in [2.24, 2.45) is 0 Å². The van der Waals surface area contributed by atoms with Crippen LogP contribution in [-0.2, 0) is 11.2 Å². The van der Waals surface area contributed by atoms with Crippen molar-refractivity contribution in [3.05, 3.63) is 28.2 Å². The zero-order valence-corrected chi connectivity index (χ0v) is 8.04. The van der Waals surface area contributed by atoms with Crippen LogP contribution in [0.25, 0.3) is 0 Å². The van der Waals surface area contributed by atoms with Crippen LogP contribution >= 0.6 is 15.9 Å². The minimum atomic E-state index is 0.221. The number of phenolic OH excluding ortho intramolecular Hbond substituents is 1. The molecule has 3 heteroatoms. The Morgan fingerprint density at radius 3 is 2.83 bits per heavy atom. The number of benzene rings is 1. The molecule has 1 aromatic carbocycles. The summed E-state index contributed by atoms with van der Waals surface area (Å²) in [7, 11) is 0. The van der Waals surface area contributed by atoms with Gasteiger partial charge in [0.2, 0.25) is 0 Å². The molecule has 1 rings (SSSR count). The average Bonchev–Trinajstić information content (AvgIpc) is 2.07. The zero-order valence-electron chi connectivity index (χ0n) is 6.46. The Morgan fingerprint density at radius 2 is 2.25 bits per heavy atom. The van der Waals surface area contributed by atoms with Gasteiger partial charge in [-0.2, -0.15) is 0 Å². The standard InChI is InChI=1S/C9H9BrO2/c10-8-4-3-7(2-1-5-11)6-9(8)12/h3-6,12H,1-2H2. The highest BCUT2D eigenvalue weighted by molar-refractivity contribution is 9.10. The summed E-state index contributed by atoms with van der Waals surface area (Å²) < 4.78 is 0.678. The lowest BCUT2D eigenvalue weighted by Gasteiger charge is -2.00. The van der Waals surface area contributed by atoms with Gasteiger partial charge >= 0.3 is 0 Å². The van der Waals surface area contributed by atoms with Gasteiger partial charge in [0, 0.05) is 6.42 Å². The quantitative estimate of drug-likeness (QED) is 0.807. The van der Waals surface area contributed by atoms with Crippen LogP contribution in [0.1, 0.15) is 12.0 Å². The fourth-order valence-corrected chi connectivity index (χ4v) is 1.19. The highest BCUT2D eigenvalue weighted by Crippen LogP contribution is 2.24. The summed E-state index contributed by atoms with van der Waals surface area (Å²) in [6, 6.07) is 5.32. The third kappa shape index (κ3) is 2.34. The van der Waals surface area contributed by atoms with E-state index in [1.165, 1.54) is 0 Å². The number of carbonyl (C=O) groups is 1. The number of aldehydes is 1. The minimum absolute atomic E-state index is 0.221. The highest BCUT2D eigenvalue weighted by Gasteiger charge is 1.98. The first kappa shape index (κ1) is 9.26. The molecule has 0 spiro atoms. The van der Waals surface area contributed by atoms with Gasteiger partial charge in [-0.3, -0.25) is 0 Å². The molecule has 64 valence electrons. The smallest absolute Gasteiger partial charge is 0.130 e. The van der Waals surface area contributed by atoms with Crippen LogP contribution in [0.4, 0.5) is 0 Å². The van der Waals surface area contributed by atoms with E-state index in [2.05, 4.69) is 15.9 Å². The monoisotopic (exact) mass is 228 g/mol. The van der Waals surface area contributed by atoms with Crippen molar-refractivity contribution in [1.29, 1.82) is 0 Å². The van der Waals surface area contributed by atoms with Crippen LogP contribution < -0.4 is 0 Å². The van der Waals surface area contributed by atoms with Gasteiger partial charge in [0.1, 0.15) is 12.0 Å². The second kappa shape index (κ2) is 4.26. The molecule has 0 heterocycles. The largest absolute Gasteiger partial charge is 0.507 e. The van der Waals surface area contributed by atoms with Gasteiger partial charge in [0.05, 0.1) is 4.47 Å². The van der Waals surface area contributed by atoms with E-state index in [1.54, 1.807) is 12.1 Å². The average molecular weight is 229 g/mol. The van der Waals surface area contributed by atoms with Crippen molar-refractivity contribution in [1.82, 2.24) is 0 Å². The number of rotatable bonds is 3. The third-order valence-corrected chi connectivity index (χ3v) is 2.23. The Morgan fingerprint density at radius 1 is 1.50 bits per heavy atom. The summed E-state index contributed by atoms with van der Waals surface area (Å²) in [5.74, 6) is 0.221. The van der Waals surface area contributed by atoms with Crippen LogP contribution in [0.3, 0.4) is 0 Å². The van der Waals surface area contributed by atoms with Crippen molar-refractivity contribution in [3.8, 4) is 5.75 Å². The molecule has 0 aliphatic heterocycles. The van der Waals surface area contributed by atoms with E-state index < -0.39 is 0 Å². The lowest BCUT2D eigenvalue weighted by molar-refractivity contribution is -0.107. The Kier molecular flexibility index (Phi) is 3.29. The first-order chi connectivity index (χ1) is 5.74. The first-order valence-corrected chi connectivity index (χ1v) is 4.44. The normalized spacial score (nSPS) is 9.75. The molecule has 0 amide bonds. The predicted octanol–water partition coefficient (Wildman–Crippen LogP) is 2.29. The van der Waals surface area contributed by atoms with Gasteiger partial charge in [0.15, 0.2) is 0 Å². The molecule has 1 aromatic rings. The Hall–Kier alpha value is -0.830.